The lowest BCUT2D eigenvalue weighted by atomic mass is 9.66. The predicted octanol–water partition coefficient (Wildman–Crippen LogP) is 2.96. The average Bonchev–Trinajstić information content (AvgIpc) is 2.85. The van der Waals surface area contributed by atoms with Gasteiger partial charge in [-0.1, -0.05) is 13.3 Å². The van der Waals surface area contributed by atoms with Crippen LogP contribution in [0.15, 0.2) is 18.2 Å². The highest BCUT2D eigenvalue weighted by Crippen LogP contribution is 2.49. The zero-order valence-electron chi connectivity index (χ0n) is 13.1. The van der Waals surface area contributed by atoms with Crippen molar-refractivity contribution in [1.82, 2.24) is 14.5 Å². The van der Waals surface area contributed by atoms with Crippen LogP contribution in [0.2, 0.25) is 0 Å². The quantitative estimate of drug-likeness (QED) is 0.880. The van der Waals surface area contributed by atoms with Gasteiger partial charge in [0.05, 0.1) is 11.0 Å². The van der Waals surface area contributed by atoms with Crippen LogP contribution in [-0.2, 0) is 6.54 Å². The van der Waals surface area contributed by atoms with E-state index in [0.29, 0.717) is 17.7 Å². The molecule has 4 aliphatic rings. The highest BCUT2D eigenvalue weighted by Gasteiger charge is 2.49. The van der Waals surface area contributed by atoms with Gasteiger partial charge in [0.2, 0.25) is 0 Å². The van der Waals surface area contributed by atoms with Crippen LogP contribution in [-0.4, -0.2) is 38.7 Å². The summed E-state index contributed by atoms with van der Waals surface area (Å²) in [5, 5.41) is 9.84. The Hall–Kier alpha value is -1.55. The molecule has 1 saturated carbocycles. The molecule has 3 aliphatic heterocycles. The van der Waals surface area contributed by atoms with Crippen LogP contribution in [0.3, 0.4) is 0 Å². The molecule has 1 aromatic carbocycles. The Morgan fingerprint density at radius 2 is 2.18 bits per heavy atom. The summed E-state index contributed by atoms with van der Waals surface area (Å²) in [4.78, 5) is 7.72. The van der Waals surface area contributed by atoms with E-state index in [4.69, 9.17) is 4.98 Å². The van der Waals surface area contributed by atoms with Crippen LogP contribution in [0, 0.1) is 11.8 Å². The van der Waals surface area contributed by atoms with E-state index < -0.39 is 0 Å². The fourth-order valence-corrected chi connectivity index (χ4v) is 5.43. The molecule has 4 heteroatoms. The van der Waals surface area contributed by atoms with E-state index in [-0.39, 0.29) is 0 Å². The number of benzene rings is 1. The fourth-order valence-electron chi connectivity index (χ4n) is 5.43. The van der Waals surface area contributed by atoms with Gasteiger partial charge in [0.25, 0.3) is 0 Å². The van der Waals surface area contributed by atoms with E-state index in [1.165, 1.54) is 31.6 Å². The molecule has 2 saturated heterocycles. The standard InChI is InChI=1S/C18H23N3O/c1-2-12-7-11-8-14-17(12)20(10-11)5-6-21-16-9-13(22)3-4-15(16)19-18(14)21/h3-4,9,11-12,14,17,22H,2,5-8,10H2,1H3. The van der Waals surface area contributed by atoms with Gasteiger partial charge in [0.15, 0.2) is 0 Å². The van der Waals surface area contributed by atoms with E-state index in [0.717, 1.165) is 36.0 Å². The number of fused-ring (bicyclic) bond motifs is 4. The maximum absolute atomic E-state index is 9.84. The monoisotopic (exact) mass is 297 g/mol. The summed E-state index contributed by atoms with van der Waals surface area (Å²) in [6.07, 6.45) is 4.00. The third kappa shape index (κ3) is 1.64. The maximum Gasteiger partial charge on any atom is 0.117 e. The minimum absolute atomic E-state index is 0.343. The van der Waals surface area contributed by atoms with Crippen molar-refractivity contribution in [3.63, 3.8) is 0 Å². The number of phenolic OH excluding ortho intramolecular Hbond substituents is 1. The van der Waals surface area contributed by atoms with Crippen LogP contribution in [0.5, 0.6) is 5.75 Å². The molecule has 0 spiro atoms. The zero-order chi connectivity index (χ0) is 14.8. The van der Waals surface area contributed by atoms with E-state index >= 15 is 0 Å². The predicted molar refractivity (Wildman–Crippen MR) is 86.0 cm³/mol. The Morgan fingerprint density at radius 1 is 1.27 bits per heavy atom. The molecule has 2 aromatic rings. The third-order valence-corrected chi connectivity index (χ3v) is 6.26. The molecule has 3 fully saturated rings. The van der Waals surface area contributed by atoms with E-state index in [9.17, 15) is 5.11 Å². The van der Waals surface area contributed by atoms with Gasteiger partial charge in [-0.3, -0.25) is 4.90 Å². The Bertz CT molecular complexity index is 737. The normalized spacial score (nSPS) is 36.3. The van der Waals surface area contributed by atoms with Crippen molar-refractivity contribution in [1.29, 1.82) is 0 Å². The van der Waals surface area contributed by atoms with Gasteiger partial charge in [-0.2, -0.15) is 0 Å². The first-order valence-corrected chi connectivity index (χ1v) is 8.67. The number of aromatic nitrogens is 2. The van der Waals surface area contributed by atoms with Gasteiger partial charge < -0.3 is 9.67 Å². The SMILES string of the molecule is CCC1CC2CC3c4nc5ccc(O)cc5n4CCN(C2)C13. The lowest BCUT2D eigenvalue weighted by Crippen LogP contribution is -2.56. The first kappa shape index (κ1) is 12.9. The molecular formula is C18H23N3O. The number of piperidine rings is 2. The van der Waals surface area contributed by atoms with Crippen LogP contribution in [0.1, 0.15) is 37.9 Å². The number of hydrogen-bond donors (Lipinski definition) is 1. The van der Waals surface area contributed by atoms with Crippen LogP contribution < -0.4 is 0 Å². The second-order valence-corrected chi connectivity index (χ2v) is 7.39. The number of nitrogens with zero attached hydrogens (tertiary/aromatic N) is 3. The van der Waals surface area contributed by atoms with Gasteiger partial charge in [-0.25, -0.2) is 4.98 Å². The lowest BCUT2D eigenvalue weighted by molar-refractivity contribution is -0.0134. The molecule has 5 atom stereocenters. The fraction of sp³-hybridized carbons (Fsp3) is 0.611. The second kappa shape index (κ2) is 4.48. The highest BCUT2D eigenvalue weighted by molar-refractivity contribution is 5.78. The first-order valence-electron chi connectivity index (χ1n) is 8.67. The van der Waals surface area contributed by atoms with Gasteiger partial charge in [-0.05, 0) is 36.8 Å². The Balaban J connectivity index is 1.69. The van der Waals surface area contributed by atoms with Crippen molar-refractivity contribution in [2.75, 3.05) is 13.1 Å². The summed E-state index contributed by atoms with van der Waals surface area (Å²) >= 11 is 0. The van der Waals surface area contributed by atoms with Crippen molar-refractivity contribution < 1.29 is 5.11 Å². The first-order chi connectivity index (χ1) is 10.7. The van der Waals surface area contributed by atoms with E-state index in [2.05, 4.69) is 16.4 Å². The van der Waals surface area contributed by atoms with E-state index in [1.54, 1.807) is 6.07 Å². The Morgan fingerprint density at radius 3 is 3.05 bits per heavy atom. The van der Waals surface area contributed by atoms with E-state index in [1.807, 2.05) is 12.1 Å². The summed E-state index contributed by atoms with van der Waals surface area (Å²) in [6.45, 7) is 5.76. The second-order valence-electron chi connectivity index (χ2n) is 7.39. The average molecular weight is 297 g/mol. The molecule has 4 nitrogen and oxygen atoms in total. The summed E-state index contributed by atoms with van der Waals surface area (Å²) in [5.41, 5.74) is 2.14. The number of phenols is 1. The van der Waals surface area contributed by atoms with Gasteiger partial charge >= 0.3 is 0 Å². The third-order valence-electron chi connectivity index (χ3n) is 6.26. The highest BCUT2D eigenvalue weighted by atomic mass is 16.3. The molecule has 5 unspecified atom stereocenters. The number of aromatic hydroxyl groups is 1. The number of imidazole rings is 1. The molecule has 6 rings (SSSR count). The van der Waals surface area contributed by atoms with Crippen molar-refractivity contribution in [3.05, 3.63) is 24.0 Å². The lowest BCUT2D eigenvalue weighted by Gasteiger charge is -2.52. The molecular weight excluding hydrogens is 274 g/mol. The summed E-state index contributed by atoms with van der Waals surface area (Å²) in [7, 11) is 0. The minimum Gasteiger partial charge on any atom is -0.508 e. The van der Waals surface area contributed by atoms with Crippen molar-refractivity contribution in [2.24, 2.45) is 11.8 Å². The summed E-state index contributed by atoms with van der Waals surface area (Å²) in [6, 6.07) is 6.28. The molecule has 116 valence electrons. The Kier molecular flexibility index (Phi) is 2.63. The maximum atomic E-state index is 9.84. The molecule has 1 N–H and O–H groups in total. The topological polar surface area (TPSA) is 41.3 Å². The molecule has 4 bridgehead atoms. The molecule has 0 amide bonds. The van der Waals surface area contributed by atoms with Crippen molar-refractivity contribution in [2.45, 2.75) is 44.7 Å². The summed E-state index contributed by atoms with van der Waals surface area (Å²) in [5.74, 6) is 3.87. The molecule has 1 aliphatic carbocycles. The summed E-state index contributed by atoms with van der Waals surface area (Å²) < 4.78 is 2.38. The molecule has 22 heavy (non-hydrogen) atoms. The van der Waals surface area contributed by atoms with Gasteiger partial charge in [0, 0.05) is 37.7 Å². The largest absolute Gasteiger partial charge is 0.508 e. The van der Waals surface area contributed by atoms with Crippen molar-refractivity contribution in [3.8, 4) is 5.75 Å². The molecule has 0 radical (unpaired) electrons. The number of rotatable bonds is 1. The molecule has 1 aromatic heterocycles. The smallest absolute Gasteiger partial charge is 0.117 e. The van der Waals surface area contributed by atoms with Crippen LogP contribution in [0.4, 0.5) is 0 Å². The van der Waals surface area contributed by atoms with Gasteiger partial charge in [0.1, 0.15) is 11.6 Å². The zero-order valence-corrected chi connectivity index (χ0v) is 13.1. The van der Waals surface area contributed by atoms with Gasteiger partial charge in [-0.15, -0.1) is 0 Å². The van der Waals surface area contributed by atoms with Crippen molar-refractivity contribution >= 4 is 11.0 Å². The minimum atomic E-state index is 0.343. The van der Waals surface area contributed by atoms with Crippen LogP contribution >= 0.6 is 0 Å². The molecule has 4 heterocycles. The van der Waals surface area contributed by atoms with Crippen LogP contribution in [0.25, 0.3) is 11.0 Å². The number of hydrogen-bond acceptors (Lipinski definition) is 3. The Labute approximate surface area is 130 Å².